The smallest absolute Gasteiger partial charge is 0.221 e. The number of aryl methyl sites for hydroxylation is 3. The van der Waals surface area contributed by atoms with Crippen molar-refractivity contribution in [1.82, 2.24) is 24.5 Å². The topological polar surface area (TPSA) is 60.6 Å². The third kappa shape index (κ3) is 2.59. The summed E-state index contributed by atoms with van der Waals surface area (Å²) in [5.74, 6) is 1.53. The lowest BCUT2D eigenvalue weighted by Gasteiger charge is -2.07. The van der Waals surface area contributed by atoms with Crippen molar-refractivity contribution in [2.75, 3.05) is 5.32 Å². The summed E-state index contributed by atoms with van der Waals surface area (Å²) < 4.78 is 3.73. The van der Waals surface area contributed by atoms with Gasteiger partial charge in [-0.15, -0.1) is 0 Å². The third-order valence-corrected chi connectivity index (χ3v) is 3.73. The number of para-hydroxylation sites is 1. The maximum atomic E-state index is 4.65. The van der Waals surface area contributed by atoms with Crippen molar-refractivity contribution in [3.8, 4) is 5.69 Å². The van der Waals surface area contributed by atoms with Gasteiger partial charge in [0.15, 0.2) is 0 Å². The summed E-state index contributed by atoms with van der Waals surface area (Å²) in [5.41, 5.74) is 4.41. The molecule has 22 heavy (non-hydrogen) atoms. The first kappa shape index (κ1) is 14.3. The van der Waals surface area contributed by atoms with Gasteiger partial charge in [0.25, 0.3) is 0 Å². The molecule has 3 rings (SSSR count). The molecule has 0 radical (unpaired) electrons. The fourth-order valence-corrected chi connectivity index (χ4v) is 2.59. The van der Waals surface area contributed by atoms with Gasteiger partial charge in [0, 0.05) is 24.8 Å². The van der Waals surface area contributed by atoms with Crippen molar-refractivity contribution >= 4 is 5.95 Å². The van der Waals surface area contributed by atoms with Crippen LogP contribution >= 0.6 is 0 Å². The summed E-state index contributed by atoms with van der Waals surface area (Å²) >= 11 is 0. The maximum Gasteiger partial charge on any atom is 0.221 e. The van der Waals surface area contributed by atoms with Crippen molar-refractivity contribution in [2.24, 2.45) is 7.05 Å². The van der Waals surface area contributed by atoms with E-state index in [1.165, 1.54) is 5.56 Å². The molecule has 1 aromatic carbocycles. The van der Waals surface area contributed by atoms with Crippen LogP contribution in [-0.4, -0.2) is 24.5 Å². The third-order valence-electron chi connectivity index (χ3n) is 3.73. The van der Waals surface area contributed by atoms with Crippen LogP contribution in [0.3, 0.4) is 0 Å². The molecule has 0 unspecified atom stereocenters. The Bertz CT molecular complexity index is 785. The molecule has 6 nitrogen and oxygen atoms in total. The quantitative estimate of drug-likeness (QED) is 0.803. The van der Waals surface area contributed by atoms with Crippen molar-refractivity contribution in [3.05, 3.63) is 53.1 Å². The minimum absolute atomic E-state index is 0.677. The molecular formula is C16H20N6. The second-order valence-corrected chi connectivity index (χ2v) is 5.36. The molecule has 3 aromatic rings. The van der Waals surface area contributed by atoms with E-state index in [-0.39, 0.29) is 0 Å². The molecule has 0 fully saturated rings. The van der Waals surface area contributed by atoms with Crippen molar-refractivity contribution < 1.29 is 0 Å². The molecule has 0 aliphatic rings. The molecule has 0 saturated heterocycles. The summed E-state index contributed by atoms with van der Waals surface area (Å²) in [6, 6.07) is 10.2. The van der Waals surface area contributed by atoms with Gasteiger partial charge in [-0.25, -0.2) is 9.36 Å². The number of nitrogens with zero attached hydrogens (tertiary/aromatic N) is 5. The van der Waals surface area contributed by atoms with E-state index in [2.05, 4.69) is 39.6 Å². The number of hydrogen-bond acceptors (Lipinski definition) is 4. The van der Waals surface area contributed by atoms with Crippen molar-refractivity contribution in [3.63, 3.8) is 0 Å². The Balaban J connectivity index is 1.86. The summed E-state index contributed by atoms with van der Waals surface area (Å²) in [6.45, 7) is 6.68. The molecule has 0 saturated carbocycles. The van der Waals surface area contributed by atoms with Gasteiger partial charge in [-0.2, -0.15) is 15.2 Å². The van der Waals surface area contributed by atoms with E-state index in [0.29, 0.717) is 6.54 Å². The number of anilines is 1. The van der Waals surface area contributed by atoms with Crippen LogP contribution in [0, 0.1) is 20.8 Å². The van der Waals surface area contributed by atoms with Gasteiger partial charge in [-0.3, -0.25) is 0 Å². The second-order valence-electron chi connectivity index (χ2n) is 5.36. The fraction of sp³-hybridized carbons (Fsp3) is 0.312. The minimum atomic E-state index is 0.677. The highest BCUT2D eigenvalue weighted by Gasteiger charge is 2.13. The standard InChI is InChI=1S/C16H20N6/c1-11-15(10-17-16-18-13(3)20-21(16)4)12(2)22(19-11)14-8-6-5-7-9-14/h5-9H,10H2,1-4H3,(H,17,18,20). The van der Waals surface area contributed by atoms with E-state index in [0.717, 1.165) is 28.8 Å². The van der Waals surface area contributed by atoms with E-state index < -0.39 is 0 Å². The molecule has 0 aliphatic heterocycles. The van der Waals surface area contributed by atoms with E-state index >= 15 is 0 Å². The lowest BCUT2D eigenvalue weighted by molar-refractivity contribution is 0.757. The Hall–Kier alpha value is -2.63. The fourth-order valence-electron chi connectivity index (χ4n) is 2.59. The molecule has 1 N–H and O–H groups in total. The summed E-state index contributed by atoms with van der Waals surface area (Å²) in [4.78, 5) is 4.36. The average Bonchev–Trinajstić information content (AvgIpc) is 2.97. The van der Waals surface area contributed by atoms with E-state index in [4.69, 9.17) is 0 Å². The van der Waals surface area contributed by atoms with Gasteiger partial charge in [0.1, 0.15) is 5.82 Å². The van der Waals surface area contributed by atoms with Crippen LogP contribution in [-0.2, 0) is 13.6 Å². The van der Waals surface area contributed by atoms with Crippen molar-refractivity contribution in [2.45, 2.75) is 27.3 Å². The Morgan fingerprint density at radius 3 is 2.41 bits per heavy atom. The Morgan fingerprint density at radius 1 is 1.05 bits per heavy atom. The molecule has 0 bridgehead atoms. The number of benzene rings is 1. The van der Waals surface area contributed by atoms with Crippen molar-refractivity contribution in [1.29, 1.82) is 0 Å². The lowest BCUT2D eigenvalue weighted by atomic mass is 10.2. The highest BCUT2D eigenvalue weighted by Crippen LogP contribution is 2.18. The zero-order chi connectivity index (χ0) is 15.7. The molecule has 6 heteroatoms. The molecule has 114 valence electrons. The van der Waals surface area contributed by atoms with Crippen LogP contribution < -0.4 is 5.32 Å². The Labute approximate surface area is 129 Å². The first-order valence-electron chi connectivity index (χ1n) is 7.28. The van der Waals surface area contributed by atoms with Crippen LogP contribution in [0.1, 0.15) is 22.8 Å². The molecular weight excluding hydrogens is 276 g/mol. The van der Waals surface area contributed by atoms with Gasteiger partial charge in [-0.05, 0) is 32.9 Å². The normalized spacial score (nSPS) is 10.9. The minimum Gasteiger partial charge on any atom is -0.350 e. The first-order valence-corrected chi connectivity index (χ1v) is 7.28. The predicted molar refractivity (Wildman–Crippen MR) is 86.1 cm³/mol. The van der Waals surface area contributed by atoms with Gasteiger partial charge in [-0.1, -0.05) is 18.2 Å². The number of aromatic nitrogens is 5. The van der Waals surface area contributed by atoms with Crippen LogP contribution in [0.5, 0.6) is 0 Å². The van der Waals surface area contributed by atoms with Crippen LogP contribution in [0.25, 0.3) is 5.69 Å². The summed E-state index contributed by atoms with van der Waals surface area (Å²) in [5, 5.41) is 12.2. The molecule has 2 heterocycles. The largest absolute Gasteiger partial charge is 0.350 e. The maximum absolute atomic E-state index is 4.65. The second kappa shape index (κ2) is 5.63. The van der Waals surface area contributed by atoms with Gasteiger partial charge < -0.3 is 5.32 Å². The van der Waals surface area contributed by atoms with Gasteiger partial charge in [0.05, 0.1) is 11.4 Å². The van der Waals surface area contributed by atoms with E-state index in [1.54, 1.807) is 4.68 Å². The SMILES string of the molecule is Cc1nc(NCc2c(C)nn(-c3ccccc3)c2C)n(C)n1. The molecule has 2 aromatic heterocycles. The highest BCUT2D eigenvalue weighted by atomic mass is 15.4. The van der Waals surface area contributed by atoms with Crippen LogP contribution in [0.15, 0.2) is 30.3 Å². The molecule has 0 spiro atoms. The number of nitrogens with one attached hydrogen (secondary N) is 1. The van der Waals surface area contributed by atoms with Gasteiger partial charge in [0.2, 0.25) is 5.95 Å². The molecule has 0 aliphatic carbocycles. The monoisotopic (exact) mass is 296 g/mol. The summed E-state index contributed by atoms with van der Waals surface area (Å²) in [6.07, 6.45) is 0. The zero-order valence-electron chi connectivity index (χ0n) is 13.3. The number of rotatable bonds is 4. The molecule has 0 atom stereocenters. The highest BCUT2D eigenvalue weighted by molar-refractivity contribution is 5.38. The van der Waals surface area contributed by atoms with Crippen LogP contribution in [0.2, 0.25) is 0 Å². The summed E-state index contributed by atoms with van der Waals surface area (Å²) in [7, 11) is 1.88. The Morgan fingerprint density at radius 2 is 1.77 bits per heavy atom. The van der Waals surface area contributed by atoms with E-state index in [9.17, 15) is 0 Å². The average molecular weight is 296 g/mol. The first-order chi connectivity index (χ1) is 10.6. The van der Waals surface area contributed by atoms with Crippen LogP contribution in [0.4, 0.5) is 5.95 Å². The predicted octanol–water partition coefficient (Wildman–Crippen LogP) is 2.54. The molecule has 0 amide bonds. The zero-order valence-corrected chi connectivity index (χ0v) is 13.3. The van der Waals surface area contributed by atoms with Gasteiger partial charge >= 0.3 is 0 Å². The number of hydrogen-bond donors (Lipinski definition) is 1. The van der Waals surface area contributed by atoms with E-state index in [1.807, 2.05) is 43.8 Å². The lowest BCUT2D eigenvalue weighted by Crippen LogP contribution is -2.07. The Kier molecular flexibility index (Phi) is 3.66.